The Morgan fingerprint density at radius 3 is 2.47 bits per heavy atom. The molecule has 0 unspecified atom stereocenters. The van der Waals surface area contributed by atoms with Crippen LogP contribution < -0.4 is 10.9 Å². The van der Waals surface area contributed by atoms with Gasteiger partial charge < -0.3 is 10.1 Å². The maximum absolute atomic E-state index is 13.4. The second-order valence-electron chi connectivity index (χ2n) is 7.48. The molecule has 4 rings (SSSR count). The summed E-state index contributed by atoms with van der Waals surface area (Å²) in [7, 11) is 0. The van der Waals surface area contributed by atoms with Crippen molar-refractivity contribution in [1.29, 1.82) is 0 Å². The average molecular weight is 480 g/mol. The Labute approximate surface area is 198 Å². The van der Waals surface area contributed by atoms with Crippen LogP contribution in [0.2, 0.25) is 0 Å². The van der Waals surface area contributed by atoms with E-state index in [0.717, 1.165) is 21.6 Å². The first-order valence-corrected chi connectivity index (χ1v) is 11.7. The predicted octanol–water partition coefficient (Wildman–Crippen LogP) is 4.90. The number of benzene rings is 2. The third-order valence-corrected chi connectivity index (χ3v) is 6.25. The molecule has 0 fully saturated rings. The Morgan fingerprint density at radius 1 is 1.12 bits per heavy atom. The summed E-state index contributed by atoms with van der Waals surface area (Å²) in [6.07, 6.45) is 0.564. The van der Waals surface area contributed by atoms with Crippen LogP contribution in [0.5, 0.6) is 0 Å². The summed E-state index contributed by atoms with van der Waals surface area (Å²) < 4.78 is 19.6. The minimum Gasteiger partial charge on any atom is -0.461 e. The van der Waals surface area contributed by atoms with E-state index in [-0.39, 0.29) is 34.7 Å². The number of rotatable bonds is 7. The van der Waals surface area contributed by atoms with Crippen molar-refractivity contribution in [3.05, 3.63) is 87.4 Å². The first-order valence-electron chi connectivity index (χ1n) is 10.8. The van der Waals surface area contributed by atoms with Crippen LogP contribution in [0.25, 0.3) is 16.5 Å². The third kappa shape index (κ3) is 4.47. The van der Waals surface area contributed by atoms with E-state index in [4.69, 9.17) is 4.74 Å². The van der Waals surface area contributed by atoms with Gasteiger partial charge >= 0.3 is 5.97 Å². The molecule has 0 aliphatic rings. The minimum atomic E-state index is -0.699. The van der Waals surface area contributed by atoms with Crippen LogP contribution in [-0.2, 0) is 9.53 Å². The quantitative estimate of drug-likeness (QED) is 0.381. The van der Waals surface area contributed by atoms with Gasteiger partial charge in [-0.25, -0.2) is 9.18 Å². The first-order chi connectivity index (χ1) is 16.4. The summed E-state index contributed by atoms with van der Waals surface area (Å²) in [5.74, 6) is -1.85. The topological polar surface area (TPSA) is 90.3 Å². The number of esters is 1. The lowest BCUT2D eigenvalue weighted by molar-refractivity contribution is -0.117. The van der Waals surface area contributed by atoms with Crippen LogP contribution in [0.4, 0.5) is 9.39 Å². The van der Waals surface area contributed by atoms with Crippen molar-refractivity contribution >= 4 is 39.0 Å². The van der Waals surface area contributed by atoms with E-state index in [1.807, 2.05) is 37.3 Å². The number of nitrogens with zero attached hydrogens (tertiary/aromatic N) is 2. The highest BCUT2D eigenvalue weighted by Gasteiger charge is 2.25. The van der Waals surface area contributed by atoms with Crippen molar-refractivity contribution in [3.63, 3.8) is 0 Å². The van der Waals surface area contributed by atoms with E-state index in [0.29, 0.717) is 11.4 Å². The van der Waals surface area contributed by atoms with Crippen molar-refractivity contribution in [2.45, 2.75) is 26.2 Å². The molecule has 0 radical (unpaired) electrons. The van der Waals surface area contributed by atoms with Gasteiger partial charge in [0.05, 0.1) is 23.6 Å². The summed E-state index contributed by atoms with van der Waals surface area (Å²) in [5, 5.41) is 9.42. The van der Waals surface area contributed by atoms with E-state index in [9.17, 15) is 18.8 Å². The van der Waals surface area contributed by atoms with Gasteiger partial charge in [0.15, 0.2) is 5.69 Å². The van der Waals surface area contributed by atoms with Crippen LogP contribution in [0.1, 0.15) is 42.2 Å². The Morgan fingerprint density at radius 2 is 1.82 bits per heavy atom. The highest BCUT2D eigenvalue weighted by Crippen LogP contribution is 2.32. The Hall–Kier alpha value is -3.85. The van der Waals surface area contributed by atoms with Crippen molar-refractivity contribution in [3.8, 4) is 5.69 Å². The number of nitrogens with one attached hydrogen (secondary N) is 1. The van der Waals surface area contributed by atoms with Crippen molar-refractivity contribution in [2.75, 3.05) is 11.9 Å². The lowest BCUT2D eigenvalue weighted by Gasteiger charge is -2.15. The molecule has 0 spiro atoms. The van der Waals surface area contributed by atoms with Crippen molar-refractivity contribution in [1.82, 2.24) is 9.78 Å². The monoisotopic (exact) mass is 479 g/mol. The molecule has 0 bridgehead atoms. The zero-order valence-corrected chi connectivity index (χ0v) is 19.4. The van der Waals surface area contributed by atoms with Crippen molar-refractivity contribution in [2.24, 2.45) is 0 Å². The van der Waals surface area contributed by atoms with Crippen LogP contribution in [0, 0.1) is 5.82 Å². The predicted molar refractivity (Wildman–Crippen MR) is 129 cm³/mol. The highest BCUT2D eigenvalue weighted by molar-refractivity contribution is 7.16. The lowest BCUT2D eigenvalue weighted by atomic mass is 9.96. The number of ether oxygens (including phenoxy) is 1. The number of carbonyl (C=O) groups excluding carboxylic acids is 2. The largest absolute Gasteiger partial charge is 0.461 e. The fourth-order valence-corrected chi connectivity index (χ4v) is 4.65. The van der Waals surface area contributed by atoms with Gasteiger partial charge in [0.1, 0.15) is 10.8 Å². The highest BCUT2D eigenvalue weighted by atomic mass is 32.1. The number of halogens is 1. The van der Waals surface area contributed by atoms with Gasteiger partial charge in [-0.1, -0.05) is 37.3 Å². The SMILES string of the molecule is CCOC(=O)c1nn(-c2ccc(F)cc2)c(=O)c2c(NC(=O)[C@@H](CC)c3ccccc3)scc12. The molecule has 174 valence electrons. The maximum Gasteiger partial charge on any atom is 0.359 e. The second-order valence-corrected chi connectivity index (χ2v) is 8.36. The zero-order chi connectivity index (χ0) is 24.2. The van der Waals surface area contributed by atoms with E-state index in [1.165, 1.54) is 24.3 Å². The Kier molecular flexibility index (Phi) is 6.83. The smallest absolute Gasteiger partial charge is 0.359 e. The van der Waals surface area contributed by atoms with E-state index < -0.39 is 23.3 Å². The van der Waals surface area contributed by atoms with Crippen LogP contribution >= 0.6 is 11.3 Å². The van der Waals surface area contributed by atoms with Gasteiger partial charge in [0.2, 0.25) is 5.91 Å². The molecule has 2 heterocycles. The first kappa shape index (κ1) is 23.3. The molecule has 4 aromatic rings. The number of aromatic nitrogens is 2. The van der Waals surface area contributed by atoms with Crippen LogP contribution in [0.3, 0.4) is 0 Å². The molecule has 34 heavy (non-hydrogen) atoms. The molecule has 2 aromatic carbocycles. The fourth-order valence-electron chi connectivity index (χ4n) is 3.71. The Balaban J connectivity index is 1.84. The number of amides is 1. The number of fused-ring (bicyclic) bond motifs is 1. The van der Waals surface area contributed by atoms with Gasteiger partial charge in [0, 0.05) is 10.8 Å². The molecular formula is C25H22FN3O4S. The maximum atomic E-state index is 13.4. The van der Waals surface area contributed by atoms with E-state index >= 15 is 0 Å². The molecule has 0 saturated carbocycles. The standard InChI is InChI=1S/C25H22FN3O4S/c1-3-18(15-8-6-5-7-9-15)22(30)27-23-20-19(14-34-23)21(25(32)33-4-2)28-29(24(20)31)17-12-10-16(26)11-13-17/h5-14,18H,3-4H2,1-2H3,(H,27,30)/t18-/m0/s1. The lowest BCUT2D eigenvalue weighted by Crippen LogP contribution is -2.26. The number of anilines is 1. The van der Waals surface area contributed by atoms with Gasteiger partial charge in [-0.15, -0.1) is 11.3 Å². The zero-order valence-electron chi connectivity index (χ0n) is 18.6. The van der Waals surface area contributed by atoms with Gasteiger partial charge in [0.25, 0.3) is 5.56 Å². The Bertz CT molecular complexity index is 1400. The summed E-state index contributed by atoms with van der Waals surface area (Å²) in [6.45, 7) is 3.70. The molecule has 9 heteroatoms. The summed E-state index contributed by atoms with van der Waals surface area (Å²) in [6, 6.07) is 14.5. The number of hydrogen-bond acceptors (Lipinski definition) is 6. The number of hydrogen-bond donors (Lipinski definition) is 1. The molecular weight excluding hydrogens is 457 g/mol. The van der Waals surface area contributed by atoms with E-state index in [1.54, 1.807) is 12.3 Å². The van der Waals surface area contributed by atoms with Gasteiger partial charge in [-0.2, -0.15) is 9.78 Å². The average Bonchev–Trinajstić information content (AvgIpc) is 3.25. The molecule has 1 amide bonds. The fraction of sp³-hybridized carbons (Fsp3) is 0.200. The van der Waals surface area contributed by atoms with E-state index in [2.05, 4.69) is 10.4 Å². The number of thiophene rings is 1. The summed E-state index contributed by atoms with van der Waals surface area (Å²) >= 11 is 1.13. The minimum absolute atomic E-state index is 0.0624. The van der Waals surface area contributed by atoms with Gasteiger partial charge in [-0.3, -0.25) is 9.59 Å². The normalized spacial score (nSPS) is 11.9. The van der Waals surface area contributed by atoms with Crippen molar-refractivity contribution < 1.29 is 18.7 Å². The second kappa shape index (κ2) is 9.96. The van der Waals surface area contributed by atoms with Gasteiger partial charge in [-0.05, 0) is 43.2 Å². The molecule has 0 saturated heterocycles. The summed E-state index contributed by atoms with van der Waals surface area (Å²) in [5.41, 5.74) is 0.533. The molecule has 0 aliphatic carbocycles. The molecule has 1 atom stereocenters. The summed E-state index contributed by atoms with van der Waals surface area (Å²) in [4.78, 5) is 39.2. The third-order valence-electron chi connectivity index (χ3n) is 5.36. The number of carbonyl (C=O) groups is 2. The molecule has 1 N–H and O–H groups in total. The molecule has 7 nitrogen and oxygen atoms in total. The van der Waals surface area contributed by atoms with Crippen LogP contribution in [-0.4, -0.2) is 28.3 Å². The molecule has 0 aliphatic heterocycles. The molecule has 2 aromatic heterocycles. The van der Waals surface area contributed by atoms with Crippen LogP contribution in [0.15, 0.2) is 64.8 Å².